The average molecular weight is 255 g/mol. The standard InChI is InChI=1S/C16H17NO2/c1-2-3-12-4-6-13(7-5-12)16(19)17-14-8-10-15(18)11-9-14/h4-11,18H,2-3H2,1H3,(H,17,19). The third-order valence-electron chi connectivity index (χ3n) is 2.88. The molecule has 2 aromatic carbocycles. The predicted molar refractivity (Wildman–Crippen MR) is 76.5 cm³/mol. The Balaban J connectivity index is 2.05. The number of aryl methyl sites for hydroxylation is 1. The van der Waals surface area contributed by atoms with Crippen molar-refractivity contribution in [3.05, 3.63) is 59.7 Å². The van der Waals surface area contributed by atoms with Crippen molar-refractivity contribution < 1.29 is 9.90 Å². The molecule has 2 rings (SSSR count). The summed E-state index contributed by atoms with van der Waals surface area (Å²) in [4.78, 5) is 12.0. The Bertz CT molecular complexity index is 544. The molecule has 0 aliphatic heterocycles. The molecule has 0 atom stereocenters. The molecule has 0 saturated heterocycles. The maximum Gasteiger partial charge on any atom is 0.255 e. The summed E-state index contributed by atoms with van der Waals surface area (Å²) >= 11 is 0. The van der Waals surface area contributed by atoms with Gasteiger partial charge in [-0.3, -0.25) is 4.79 Å². The fourth-order valence-corrected chi connectivity index (χ4v) is 1.86. The topological polar surface area (TPSA) is 49.3 Å². The van der Waals surface area contributed by atoms with Gasteiger partial charge in [0.25, 0.3) is 5.91 Å². The number of nitrogens with one attached hydrogen (secondary N) is 1. The van der Waals surface area contributed by atoms with Crippen molar-refractivity contribution >= 4 is 11.6 Å². The van der Waals surface area contributed by atoms with Crippen molar-refractivity contribution in [1.82, 2.24) is 0 Å². The molecule has 0 heterocycles. The highest BCUT2D eigenvalue weighted by molar-refractivity contribution is 6.04. The summed E-state index contributed by atoms with van der Waals surface area (Å²) < 4.78 is 0. The first-order chi connectivity index (χ1) is 9.19. The van der Waals surface area contributed by atoms with Gasteiger partial charge in [0.15, 0.2) is 0 Å². The van der Waals surface area contributed by atoms with Crippen LogP contribution in [0, 0.1) is 0 Å². The predicted octanol–water partition coefficient (Wildman–Crippen LogP) is 3.60. The lowest BCUT2D eigenvalue weighted by molar-refractivity contribution is 0.102. The Kier molecular flexibility index (Phi) is 4.18. The lowest BCUT2D eigenvalue weighted by atomic mass is 10.1. The van der Waals surface area contributed by atoms with E-state index < -0.39 is 0 Å². The molecule has 0 fully saturated rings. The summed E-state index contributed by atoms with van der Waals surface area (Å²) in [6, 6.07) is 14.0. The van der Waals surface area contributed by atoms with Gasteiger partial charge in [-0.15, -0.1) is 0 Å². The third-order valence-corrected chi connectivity index (χ3v) is 2.88. The van der Waals surface area contributed by atoms with E-state index in [0.717, 1.165) is 12.8 Å². The zero-order chi connectivity index (χ0) is 13.7. The quantitative estimate of drug-likeness (QED) is 0.820. The molecule has 2 N–H and O–H groups in total. The lowest BCUT2D eigenvalue weighted by Crippen LogP contribution is -2.11. The molecule has 0 aliphatic rings. The zero-order valence-electron chi connectivity index (χ0n) is 10.9. The molecule has 0 aliphatic carbocycles. The number of rotatable bonds is 4. The van der Waals surface area contributed by atoms with E-state index in [-0.39, 0.29) is 11.7 Å². The molecule has 98 valence electrons. The number of anilines is 1. The minimum atomic E-state index is -0.145. The smallest absolute Gasteiger partial charge is 0.255 e. The number of aromatic hydroxyl groups is 1. The minimum Gasteiger partial charge on any atom is -0.508 e. The van der Waals surface area contributed by atoms with E-state index in [1.54, 1.807) is 24.3 Å². The van der Waals surface area contributed by atoms with Crippen LogP contribution in [0.1, 0.15) is 29.3 Å². The minimum absolute atomic E-state index is 0.145. The summed E-state index contributed by atoms with van der Waals surface area (Å²) in [6.07, 6.45) is 2.12. The Morgan fingerprint density at radius 1 is 1.05 bits per heavy atom. The molecule has 3 heteroatoms. The molecule has 3 nitrogen and oxygen atoms in total. The van der Waals surface area contributed by atoms with Crippen molar-refractivity contribution in [3.8, 4) is 5.75 Å². The van der Waals surface area contributed by atoms with Crippen molar-refractivity contribution in [3.63, 3.8) is 0 Å². The third kappa shape index (κ3) is 3.58. The number of phenols is 1. The van der Waals surface area contributed by atoms with Crippen LogP contribution in [0.25, 0.3) is 0 Å². The van der Waals surface area contributed by atoms with E-state index in [1.807, 2.05) is 24.3 Å². The van der Waals surface area contributed by atoms with E-state index in [1.165, 1.54) is 5.56 Å². The molecular weight excluding hydrogens is 238 g/mol. The first kappa shape index (κ1) is 13.1. The van der Waals surface area contributed by atoms with Crippen molar-refractivity contribution in [2.24, 2.45) is 0 Å². The molecule has 0 radical (unpaired) electrons. The number of hydrogen-bond acceptors (Lipinski definition) is 2. The normalized spacial score (nSPS) is 10.2. The lowest BCUT2D eigenvalue weighted by Gasteiger charge is -2.06. The number of carbonyl (C=O) groups is 1. The summed E-state index contributed by atoms with van der Waals surface area (Å²) in [5.41, 5.74) is 2.54. The number of benzene rings is 2. The van der Waals surface area contributed by atoms with E-state index in [0.29, 0.717) is 11.3 Å². The molecule has 0 saturated carbocycles. The van der Waals surface area contributed by atoms with Crippen LogP contribution in [-0.4, -0.2) is 11.0 Å². The van der Waals surface area contributed by atoms with Crippen LogP contribution in [0.15, 0.2) is 48.5 Å². The van der Waals surface area contributed by atoms with Crippen LogP contribution in [0.3, 0.4) is 0 Å². The van der Waals surface area contributed by atoms with E-state index in [2.05, 4.69) is 12.2 Å². The maximum absolute atomic E-state index is 12.0. The summed E-state index contributed by atoms with van der Waals surface area (Å²) in [5.74, 6) is 0.0376. The number of carbonyl (C=O) groups excluding carboxylic acids is 1. The van der Waals surface area contributed by atoms with Gasteiger partial charge in [-0.25, -0.2) is 0 Å². The Morgan fingerprint density at radius 2 is 1.68 bits per heavy atom. The van der Waals surface area contributed by atoms with Crippen LogP contribution >= 0.6 is 0 Å². The second-order valence-corrected chi connectivity index (χ2v) is 4.45. The van der Waals surface area contributed by atoms with E-state index in [4.69, 9.17) is 0 Å². The van der Waals surface area contributed by atoms with Crippen molar-refractivity contribution in [2.75, 3.05) is 5.32 Å². The summed E-state index contributed by atoms with van der Waals surface area (Å²) in [7, 11) is 0. The Morgan fingerprint density at radius 3 is 2.26 bits per heavy atom. The van der Waals surface area contributed by atoms with Crippen molar-refractivity contribution in [1.29, 1.82) is 0 Å². The monoisotopic (exact) mass is 255 g/mol. The van der Waals surface area contributed by atoms with Crippen LogP contribution in [0.2, 0.25) is 0 Å². The summed E-state index contributed by atoms with van der Waals surface area (Å²) in [6.45, 7) is 2.13. The molecule has 1 amide bonds. The van der Waals surface area contributed by atoms with Crippen LogP contribution in [0.4, 0.5) is 5.69 Å². The van der Waals surface area contributed by atoms with Gasteiger partial charge in [0.1, 0.15) is 5.75 Å². The van der Waals surface area contributed by atoms with Crippen LogP contribution in [0.5, 0.6) is 5.75 Å². The number of phenolic OH excluding ortho intramolecular Hbond substituents is 1. The van der Waals surface area contributed by atoms with E-state index in [9.17, 15) is 9.90 Å². The molecule has 0 spiro atoms. The van der Waals surface area contributed by atoms with Gasteiger partial charge in [-0.1, -0.05) is 25.5 Å². The van der Waals surface area contributed by atoms with Crippen molar-refractivity contribution in [2.45, 2.75) is 19.8 Å². The fraction of sp³-hybridized carbons (Fsp3) is 0.188. The molecule has 19 heavy (non-hydrogen) atoms. The van der Waals surface area contributed by atoms with Gasteiger partial charge >= 0.3 is 0 Å². The van der Waals surface area contributed by atoms with Crippen LogP contribution < -0.4 is 5.32 Å². The van der Waals surface area contributed by atoms with E-state index >= 15 is 0 Å². The van der Waals surface area contributed by atoms with Gasteiger partial charge in [0.05, 0.1) is 0 Å². The first-order valence-corrected chi connectivity index (χ1v) is 6.38. The highest BCUT2D eigenvalue weighted by Crippen LogP contribution is 2.15. The molecule has 0 unspecified atom stereocenters. The Labute approximate surface area is 112 Å². The molecule has 0 bridgehead atoms. The molecule has 2 aromatic rings. The van der Waals surface area contributed by atoms with Gasteiger partial charge < -0.3 is 10.4 Å². The summed E-state index contributed by atoms with van der Waals surface area (Å²) in [5, 5.41) is 12.0. The first-order valence-electron chi connectivity index (χ1n) is 6.38. The van der Waals surface area contributed by atoms with Gasteiger partial charge in [-0.05, 0) is 48.4 Å². The fourth-order valence-electron chi connectivity index (χ4n) is 1.86. The second-order valence-electron chi connectivity index (χ2n) is 4.45. The van der Waals surface area contributed by atoms with Crippen LogP contribution in [-0.2, 0) is 6.42 Å². The molecule has 0 aromatic heterocycles. The second kappa shape index (κ2) is 6.05. The number of hydrogen-bond donors (Lipinski definition) is 2. The van der Waals surface area contributed by atoms with Gasteiger partial charge in [-0.2, -0.15) is 0 Å². The molecular formula is C16H17NO2. The highest BCUT2D eigenvalue weighted by Gasteiger charge is 2.05. The Hall–Kier alpha value is -2.29. The SMILES string of the molecule is CCCc1ccc(C(=O)Nc2ccc(O)cc2)cc1. The number of amides is 1. The van der Waals surface area contributed by atoms with Gasteiger partial charge in [0.2, 0.25) is 0 Å². The largest absolute Gasteiger partial charge is 0.508 e. The zero-order valence-corrected chi connectivity index (χ0v) is 10.9. The van der Waals surface area contributed by atoms with Gasteiger partial charge in [0, 0.05) is 11.3 Å². The highest BCUT2D eigenvalue weighted by atomic mass is 16.3. The average Bonchev–Trinajstić information content (AvgIpc) is 2.42. The maximum atomic E-state index is 12.0.